The van der Waals surface area contributed by atoms with Gasteiger partial charge < -0.3 is 9.32 Å². The molecule has 4 heteroatoms. The third-order valence-electron chi connectivity index (χ3n) is 3.44. The highest BCUT2D eigenvalue weighted by molar-refractivity contribution is 6.19. The Morgan fingerprint density at radius 1 is 1.37 bits per heavy atom. The van der Waals surface area contributed by atoms with Gasteiger partial charge in [0.25, 0.3) is 0 Å². The van der Waals surface area contributed by atoms with Crippen LogP contribution in [0.5, 0.6) is 0 Å². The summed E-state index contributed by atoms with van der Waals surface area (Å²) in [5, 5.41) is 1.05. The summed E-state index contributed by atoms with van der Waals surface area (Å²) in [6.45, 7) is 3.79. The smallest absolute Gasteiger partial charge is 0.226 e. The average Bonchev–Trinajstić information content (AvgIpc) is 2.87. The summed E-state index contributed by atoms with van der Waals surface area (Å²) >= 11 is 5.73. The molecule has 0 aliphatic carbocycles. The summed E-state index contributed by atoms with van der Waals surface area (Å²) < 4.78 is 5.79. The molecule has 0 saturated heterocycles. The van der Waals surface area contributed by atoms with Crippen LogP contribution in [0.4, 0.5) is 0 Å². The lowest BCUT2D eigenvalue weighted by Gasteiger charge is -2.25. The molecular formula is C15H18ClNO2. The van der Waals surface area contributed by atoms with Gasteiger partial charge in [0.2, 0.25) is 5.91 Å². The zero-order valence-corrected chi connectivity index (χ0v) is 12.1. The fourth-order valence-electron chi connectivity index (χ4n) is 2.00. The summed E-state index contributed by atoms with van der Waals surface area (Å²) in [5.41, 5.74) is 0.843. The zero-order valence-electron chi connectivity index (χ0n) is 11.4. The number of para-hydroxylation sites is 1. The van der Waals surface area contributed by atoms with E-state index < -0.39 is 0 Å². The number of benzene rings is 1. The van der Waals surface area contributed by atoms with Gasteiger partial charge in [0.1, 0.15) is 11.3 Å². The van der Waals surface area contributed by atoms with Crippen LogP contribution in [0.15, 0.2) is 34.7 Å². The minimum absolute atomic E-state index is 0.0305. The number of rotatable bonds is 4. The molecule has 0 aliphatic heterocycles. The predicted octanol–water partition coefficient (Wildman–Crippen LogP) is 3.83. The molecule has 0 radical (unpaired) electrons. The van der Waals surface area contributed by atoms with Gasteiger partial charge in [-0.15, -0.1) is 11.6 Å². The van der Waals surface area contributed by atoms with Crippen molar-refractivity contribution in [2.24, 2.45) is 5.92 Å². The molecule has 2 unspecified atom stereocenters. The van der Waals surface area contributed by atoms with Crippen molar-refractivity contribution < 1.29 is 9.21 Å². The topological polar surface area (TPSA) is 33.5 Å². The molecule has 0 bridgehead atoms. The number of hydrogen-bond acceptors (Lipinski definition) is 2. The lowest BCUT2D eigenvalue weighted by Crippen LogP contribution is -2.34. The summed E-state index contributed by atoms with van der Waals surface area (Å²) in [6.07, 6.45) is 0. The standard InChI is InChI=1S/C15H18ClNO2/c1-10(9-16)15(18)17(3)11(2)14-8-12-6-4-5-7-13(12)19-14/h4-8,10-11H,9H2,1-3H3. The van der Waals surface area contributed by atoms with E-state index in [1.54, 1.807) is 11.9 Å². The second-order valence-electron chi connectivity index (χ2n) is 4.87. The lowest BCUT2D eigenvalue weighted by molar-refractivity contribution is -0.135. The van der Waals surface area contributed by atoms with Gasteiger partial charge in [-0.1, -0.05) is 25.1 Å². The van der Waals surface area contributed by atoms with E-state index >= 15 is 0 Å². The molecule has 3 nitrogen and oxygen atoms in total. The van der Waals surface area contributed by atoms with Gasteiger partial charge in [-0.05, 0) is 19.1 Å². The van der Waals surface area contributed by atoms with Crippen LogP contribution in [-0.2, 0) is 4.79 Å². The van der Waals surface area contributed by atoms with Gasteiger partial charge in [0, 0.05) is 24.2 Å². The van der Waals surface area contributed by atoms with Crippen molar-refractivity contribution in [3.63, 3.8) is 0 Å². The molecule has 0 saturated carbocycles. The second kappa shape index (κ2) is 5.66. The van der Waals surface area contributed by atoms with Crippen molar-refractivity contribution in [1.29, 1.82) is 0 Å². The Hall–Kier alpha value is -1.48. The first kappa shape index (κ1) is 13.9. The molecule has 102 valence electrons. The average molecular weight is 280 g/mol. The van der Waals surface area contributed by atoms with Crippen LogP contribution in [0.1, 0.15) is 25.6 Å². The van der Waals surface area contributed by atoms with Crippen molar-refractivity contribution >= 4 is 28.5 Å². The van der Waals surface area contributed by atoms with Gasteiger partial charge in [0.15, 0.2) is 0 Å². The molecule has 2 aromatic rings. The van der Waals surface area contributed by atoms with Gasteiger partial charge in [-0.25, -0.2) is 0 Å². The van der Waals surface area contributed by atoms with Crippen LogP contribution in [0.3, 0.4) is 0 Å². The number of fused-ring (bicyclic) bond motifs is 1. The Kier molecular flexibility index (Phi) is 4.15. The number of hydrogen-bond donors (Lipinski definition) is 0. The number of halogens is 1. The van der Waals surface area contributed by atoms with Crippen molar-refractivity contribution in [3.05, 3.63) is 36.1 Å². The van der Waals surface area contributed by atoms with Crippen LogP contribution in [0.25, 0.3) is 11.0 Å². The number of carbonyl (C=O) groups excluding carboxylic acids is 1. The molecule has 0 fully saturated rings. The van der Waals surface area contributed by atoms with Gasteiger partial charge >= 0.3 is 0 Å². The van der Waals surface area contributed by atoms with Crippen LogP contribution in [0.2, 0.25) is 0 Å². The Morgan fingerprint density at radius 3 is 2.68 bits per heavy atom. The van der Waals surface area contributed by atoms with E-state index in [2.05, 4.69) is 0 Å². The third-order valence-corrected chi connectivity index (χ3v) is 3.90. The molecule has 1 heterocycles. The Labute approximate surface area is 118 Å². The van der Waals surface area contributed by atoms with Gasteiger partial charge in [-0.2, -0.15) is 0 Å². The first-order chi connectivity index (χ1) is 9.04. The van der Waals surface area contributed by atoms with Gasteiger partial charge in [0.05, 0.1) is 6.04 Å². The maximum Gasteiger partial charge on any atom is 0.226 e. The van der Waals surface area contributed by atoms with Crippen LogP contribution >= 0.6 is 11.6 Å². The summed E-state index contributed by atoms with van der Waals surface area (Å²) in [6, 6.07) is 9.70. The van der Waals surface area contributed by atoms with Crippen molar-refractivity contribution in [2.45, 2.75) is 19.9 Å². The van der Waals surface area contributed by atoms with E-state index in [4.69, 9.17) is 16.0 Å². The minimum Gasteiger partial charge on any atom is -0.459 e. The van der Waals surface area contributed by atoms with Crippen LogP contribution in [-0.4, -0.2) is 23.7 Å². The molecule has 0 aliphatic rings. The van der Waals surface area contributed by atoms with E-state index in [0.717, 1.165) is 16.7 Å². The number of nitrogens with zero attached hydrogens (tertiary/aromatic N) is 1. The van der Waals surface area contributed by atoms with E-state index in [0.29, 0.717) is 5.88 Å². The van der Waals surface area contributed by atoms with Crippen molar-refractivity contribution in [2.75, 3.05) is 12.9 Å². The van der Waals surface area contributed by atoms with E-state index in [9.17, 15) is 4.79 Å². The number of amides is 1. The van der Waals surface area contributed by atoms with Crippen molar-refractivity contribution in [1.82, 2.24) is 4.90 Å². The largest absolute Gasteiger partial charge is 0.459 e. The lowest BCUT2D eigenvalue weighted by atomic mass is 10.1. The Bertz CT molecular complexity index is 545. The maximum absolute atomic E-state index is 12.1. The first-order valence-corrected chi connectivity index (χ1v) is 6.89. The molecule has 2 atom stereocenters. The predicted molar refractivity (Wildman–Crippen MR) is 77.3 cm³/mol. The van der Waals surface area contributed by atoms with Crippen LogP contribution in [0, 0.1) is 5.92 Å². The van der Waals surface area contributed by atoms with Crippen LogP contribution < -0.4 is 0 Å². The summed E-state index contributed by atoms with van der Waals surface area (Å²) in [4.78, 5) is 13.8. The SMILES string of the molecule is CC(CCl)C(=O)N(C)C(C)c1cc2ccccc2o1. The van der Waals surface area contributed by atoms with E-state index in [-0.39, 0.29) is 17.9 Å². The summed E-state index contributed by atoms with van der Waals surface area (Å²) in [7, 11) is 1.78. The maximum atomic E-state index is 12.1. The third kappa shape index (κ3) is 2.76. The Morgan fingerprint density at radius 2 is 2.05 bits per heavy atom. The molecule has 0 N–H and O–H groups in total. The second-order valence-corrected chi connectivity index (χ2v) is 5.18. The molecule has 1 aromatic carbocycles. The fraction of sp³-hybridized carbons (Fsp3) is 0.400. The first-order valence-electron chi connectivity index (χ1n) is 6.35. The highest BCUT2D eigenvalue weighted by atomic mass is 35.5. The molecule has 1 amide bonds. The number of alkyl halides is 1. The van der Waals surface area contributed by atoms with Gasteiger partial charge in [-0.3, -0.25) is 4.79 Å². The molecular weight excluding hydrogens is 262 g/mol. The molecule has 1 aromatic heterocycles. The van der Waals surface area contributed by atoms with Crippen molar-refractivity contribution in [3.8, 4) is 0 Å². The van der Waals surface area contributed by atoms with E-state index in [1.807, 2.05) is 44.2 Å². The monoisotopic (exact) mass is 279 g/mol. The highest BCUT2D eigenvalue weighted by Gasteiger charge is 2.24. The molecule has 0 spiro atoms. The molecule has 19 heavy (non-hydrogen) atoms. The summed E-state index contributed by atoms with van der Waals surface area (Å²) in [5.74, 6) is 0.969. The normalized spacial score (nSPS) is 14.3. The quantitative estimate of drug-likeness (QED) is 0.797. The minimum atomic E-state index is -0.182. The highest BCUT2D eigenvalue weighted by Crippen LogP contribution is 2.27. The number of carbonyl (C=O) groups is 1. The fourth-order valence-corrected chi connectivity index (χ4v) is 2.14. The number of furan rings is 1. The van der Waals surface area contributed by atoms with E-state index in [1.165, 1.54) is 0 Å². The molecule has 2 rings (SSSR count). The Balaban J connectivity index is 2.23. The zero-order chi connectivity index (χ0) is 14.0.